The molecule has 0 atom stereocenters. The van der Waals surface area contributed by atoms with Crippen LogP contribution in [0.2, 0.25) is 0 Å². The van der Waals surface area contributed by atoms with E-state index in [-0.39, 0.29) is 5.56 Å². The van der Waals surface area contributed by atoms with Crippen molar-refractivity contribution in [2.45, 2.75) is 6.18 Å². The molecule has 0 radical (unpaired) electrons. The first-order valence-corrected chi connectivity index (χ1v) is 4.58. The maximum absolute atomic E-state index is 12.1. The van der Waals surface area contributed by atoms with E-state index in [1.807, 2.05) is 0 Å². The van der Waals surface area contributed by atoms with Crippen LogP contribution < -0.4 is 0 Å². The summed E-state index contributed by atoms with van der Waals surface area (Å²) < 4.78 is 35.9. The third-order valence-electron chi connectivity index (χ3n) is 1.22. The van der Waals surface area contributed by atoms with E-state index >= 15 is 0 Å². The molecule has 0 fully saturated rings. The van der Waals surface area contributed by atoms with E-state index in [9.17, 15) is 18.0 Å². The number of carboxylic acids is 1. The summed E-state index contributed by atoms with van der Waals surface area (Å²) in [7, 11) is 0. The molecule has 1 N–H and O–H groups in total. The maximum atomic E-state index is 12.1. The number of hydrogen-bond donors (Lipinski definition) is 1. The standard InChI is InChI=1S/C6H2BrF3O2S/c7-3-2(5(11)12)1-13-4(3)6(8,9)10/h1H,(H,11,12). The molecule has 0 aliphatic heterocycles. The van der Waals surface area contributed by atoms with Crippen LogP contribution in [-0.2, 0) is 6.18 Å². The Morgan fingerprint density at radius 2 is 2.08 bits per heavy atom. The number of carboxylic acid groups (broad SMARTS) is 1. The van der Waals surface area contributed by atoms with Crippen molar-refractivity contribution in [3.8, 4) is 0 Å². The summed E-state index contributed by atoms with van der Waals surface area (Å²) >= 11 is 2.96. The van der Waals surface area contributed by atoms with Gasteiger partial charge in [0, 0.05) is 5.38 Å². The van der Waals surface area contributed by atoms with Crippen LogP contribution in [0.3, 0.4) is 0 Å². The first-order chi connectivity index (χ1) is 5.84. The van der Waals surface area contributed by atoms with Gasteiger partial charge < -0.3 is 5.11 Å². The van der Waals surface area contributed by atoms with Gasteiger partial charge >= 0.3 is 12.1 Å². The molecule has 7 heteroatoms. The second-order valence-corrected chi connectivity index (χ2v) is 3.77. The molecule has 0 aliphatic rings. The number of halogens is 4. The van der Waals surface area contributed by atoms with Crippen LogP contribution in [0.4, 0.5) is 13.2 Å². The fourth-order valence-corrected chi connectivity index (χ4v) is 2.42. The highest BCUT2D eigenvalue weighted by Gasteiger charge is 2.36. The molecule has 1 heterocycles. The first-order valence-electron chi connectivity index (χ1n) is 2.91. The minimum atomic E-state index is -4.50. The molecule has 2 nitrogen and oxygen atoms in total. The molecule has 0 unspecified atom stereocenters. The summed E-state index contributed by atoms with van der Waals surface area (Å²) in [5.41, 5.74) is -0.364. The molecule has 0 aliphatic carbocycles. The van der Waals surface area contributed by atoms with Gasteiger partial charge in [-0.3, -0.25) is 0 Å². The van der Waals surface area contributed by atoms with E-state index in [4.69, 9.17) is 5.11 Å². The Bertz CT molecular complexity index is 344. The molecule has 1 aromatic rings. The van der Waals surface area contributed by atoms with Gasteiger partial charge in [0.2, 0.25) is 0 Å². The van der Waals surface area contributed by atoms with Gasteiger partial charge in [-0.1, -0.05) is 0 Å². The molecular weight excluding hydrogens is 273 g/mol. The van der Waals surface area contributed by atoms with Crippen molar-refractivity contribution in [3.63, 3.8) is 0 Å². The molecular formula is C6H2BrF3O2S. The average Bonchev–Trinajstić information content (AvgIpc) is 2.28. The number of aromatic carboxylic acids is 1. The molecule has 0 amide bonds. The highest BCUT2D eigenvalue weighted by molar-refractivity contribution is 9.10. The second-order valence-electron chi connectivity index (χ2n) is 2.10. The smallest absolute Gasteiger partial charge is 0.426 e. The Morgan fingerprint density at radius 1 is 1.54 bits per heavy atom. The van der Waals surface area contributed by atoms with E-state index in [1.165, 1.54) is 0 Å². The lowest BCUT2D eigenvalue weighted by atomic mass is 10.3. The van der Waals surface area contributed by atoms with Crippen molar-refractivity contribution in [3.05, 3.63) is 20.3 Å². The lowest BCUT2D eigenvalue weighted by Crippen LogP contribution is -2.03. The third kappa shape index (κ3) is 2.02. The van der Waals surface area contributed by atoms with Gasteiger partial charge in [-0.25, -0.2) is 4.79 Å². The van der Waals surface area contributed by atoms with Gasteiger partial charge in [0.1, 0.15) is 4.88 Å². The quantitative estimate of drug-likeness (QED) is 0.854. The molecule has 0 saturated heterocycles. The molecule has 13 heavy (non-hydrogen) atoms. The SMILES string of the molecule is O=C(O)c1csc(C(F)(F)F)c1Br. The van der Waals surface area contributed by atoms with Crippen LogP contribution in [-0.4, -0.2) is 11.1 Å². The molecule has 72 valence electrons. The van der Waals surface area contributed by atoms with E-state index in [0.717, 1.165) is 5.38 Å². The van der Waals surface area contributed by atoms with Crippen molar-refractivity contribution < 1.29 is 23.1 Å². The number of hydrogen-bond acceptors (Lipinski definition) is 2. The Morgan fingerprint density at radius 3 is 2.31 bits per heavy atom. The maximum Gasteiger partial charge on any atom is 0.426 e. The van der Waals surface area contributed by atoms with Crippen molar-refractivity contribution >= 4 is 33.2 Å². The lowest BCUT2D eigenvalue weighted by Gasteiger charge is -2.02. The summed E-state index contributed by atoms with van der Waals surface area (Å²) in [4.78, 5) is 9.45. The number of carbonyl (C=O) groups is 1. The highest BCUT2D eigenvalue weighted by atomic mass is 79.9. The molecule has 0 aromatic carbocycles. The summed E-state index contributed by atoms with van der Waals surface area (Å²) in [5.74, 6) is -1.38. The van der Waals surface area contributed by atoms with Crippen LogP contribution in [0.5, 0.6) is 0 Å². The van der Waals surface area contributed by atoms with E-state index in [2.05, 4.69) is 15.9 Å². The summed E-state index contributed by atoms with van der Waals surface area (Å²) in [6.45, 7) is 0. The van der Waals surface area contributed by atoms with E-state index in [0.29, 0.717) is 11.3 Å². The van der Waals surface area contributed by atoms with Gasteiger partial charge in [0.15, 0.2) is 0 Å². The Balaban J connectivity index is 3.22. The largest absolute Gasteiger partial charge is 0.478 e. The zero-order valence-electron chi connectivity index (χ0n) is 5.85. The zero-order valence-corrected chi connectivity index (χ0v) is 8.26. The minimum absolute atomic E-state index is 0.359. The van der Waals surface area contributed by atoms with Gasteiger partial charge in [0.05, 0.1) is 10.0 Å². The summed E-state index contributed by atoms with van der Waals surface area (Å²) in [5, 5.41) is 9.41. The van der Waals surface area contributed by atoms with Crippen molar-refractivity contribution in [2.24, 2.45) is 0 Å². The number of alkyl halides is 3. The zero-order chi connectivity index (χ0) is 10.2. The predicted octanol–water partition coefficient (Wildman–Crippen LogP) is 3.23. The predicted molar refractivity (Wildman–Crippen MR) is 44.0 cm³/mol. The molecule has 0 bridgehead atoms. The summed E-state index contributed by atoms with van der Waals surface area (Å²) in [6, 6.07) is 0. The number of rotatable bonds is 1. The van der Waals surface area contributed by atoms with Crippen molar-refractivity contribution in [1.29, 1.82) is 0 Å². The lowest BCUT2D eigenvalue weighted by molar-refractivity contribution is -0.134. The van der Waals surface area contributed by atoms with Crippen LogP contribution in [0.15, 0.2) is 9.85 Å². The van der Waals surface area contributed by atoms with Gasteiger partial charge in [0.25, 0.3) is 0 Å². The Hall–Kier alpha value is -0.560. The first kappa shape index (κ1) is 10.5. The second kappa shape index (κ2) is 3.30. The third-order valence-corrected chi connectivity index (χ3v) is 3.33. The monoisotopic (exact) mass is 274 g/mol. The summed E-state index contributed by atoms with van der Waals surface area (Å²) in [6.07, 6.45) is -4.50. The van der Waals surface area contributed by atoms with E-state index < -0.39 is 21.5 Å². The van der Waals surface area contributed by atoms with Gasteiger partial charge in [-0.2, -0.15) is 13.2 Å². The van der Waals surface area contributed by atoms with Gasteiger partial charge in [-0.05, 0) is 15.9 Å². The molecule has 0 spiro atoms. The topological polar surface area (TPSA) is 37.3 Å². The molecule has 0 saturated carbocycles. The van der Waals surface area contributed by atoms with Crippen molar-refractivity contribution in [2.75, 3.05) is 0 Å². The van der Waals surface area contributed by atoms with Crippen LogP contribution in [0.25, 0.3) is 0 Å². The highest BCUT2D eigenvalue weighted by Crippen LogP contribution is 2.40. The normalized spacial score (nSPS) is 11.7. The Kier molecular flexibility index (Phi) is 2.67. The van der Waals surface area contributed by atoms with Crippen LogP contribution in [0, 0.1) is 0 Å². The minimum Gasteiger partial charge on any atom is -0.478 e. The van der Waals surface area contributed by atoms with Crippen LogP contribution >= 0.6 is 27.3 Å². The van der Waals surface area contributed by atoms with Crippen molar-refractivity contribution in [1.82, 2.24) is 0 Å². The fraction of sp³-hybridized carbons (Fsp3) is 0.167. The molecule has 1 aromatic heterocycles. The van der Waals surface area contributed by atoms with Crippen LogP contribution in [0.1, 0.15) is 15.2 Å². The van der Waals surface area contributed by atoms with E-state index in [1.54, 1.807) is 0 Å². The fourth-order valence-electron chi connectivity index (χ4n) is 0.679. The Labute approximate surface area is 83.1 Å². The van der Waals surface area contributed by atoms with Gasteiger partial charge in [-0.15, -0.1) is 11.3 Å². The average molecular weight is 275 g/mol. The molecule has 1 rings (SSSR count). The number of thiophene rings is 1.